The van der Waals surface area contributed by atoms with Gasteiger partial charge in [-0.05, 0) is 37.8 Å². The zero-order chi connectivity index (χ0) is 22.0. The quantitative estimate of drug-likeness (QED) is 0.481. The smallest absolute Gasteiger partial charge is 0.404 e. The van der Waals surface area contributed by atoms with Crippen LogP contribution in [0.5, 0.6) is 5.88 Å². The van der Waals surface area contributed by atoms with Crippen molar-refractivity contribution in [2.75, 3.05) is 12.8 Å². The molecule has 3 heterocycles. The van der Waals surface area contributed by atoms with Crippen LogP contribution in [0, 0.1) is 0 Å². The molecule has 11 heteroatoms. The Morgan fingerprint density at radius 2 is 1.87 bits per heavy atom. The van der Waals surface area contributed by atoms with Crippen LogP contribution in [-0.4, -0.2) is 55.9 Å². The van der Waals surface area contributed by atoms with Crippen LogP contribution in [-0.2, 0) is 0 Å². The number of carbonyl (C=O) groups excluding carboxylic acids is 1. The Morgan fingerprint density at radius 3 is 2.55 bits per heavy atom. The minimum atomic E-state index is -1.02. The number of carboxylic acid groups (broad SMARTS) is 1. The number of nitrogens with one attached hydrogen (secondary N) is 2. The van der Waals surface area contributed by atoms with Crippen LogP contribution < -0.4 is 21.1 Å². The number of hydrogen-bond acceptors (Lipinski definition) is 7. The molecule has 3 aromatic rings. The monoisotopic (exact) mass is 425 g/mol. The van der Waals surface area contributed by atoms with E-state index in [1.54, 1.807) is 28.9 Å². The third-order valence-corrected chi connectivity index (χ3v) is 5.46. The molecule has 0 bridgehead atoms. The van der Waals surface area contributed by atoms with Gasteiger partial charge in [-0.3, -0.25) is 4.79 Å². The van der Waals surface area contributed by atoms with Crippen LogP contribution in [0.15, 0.2) is 30.7 Å². The minimum Gasteiger partial charge on any atom is -0.481 e. The number of nitrogens with zero attached hydrogens (tertiary/aromatic N) is 4. The number of methoxy groups -OCH3 is 1. The number of ether oxygens (including phenoxy) is 1. The zero-order valence-corrected chi connectivity index (χ0v) is 16.9. The summed E-state index contributed by atoms with van der Waals surface area (Å²) in [5.74, 6) is 0.356. The summed E-state index contributed by atoms with van der Waals surface area (Å²) >= 11 is 0. The van der Waals surface area contributed by atoms with Crippen LogP contribution in [0.3, 0.4) is 0 Å². The predicted molar refractivity (Wildman–Crippen MR) is 112 cm³/mol. The Morgan fingerprint density at radius 1 is 1.16 bits per heavy atom. The molecule has 3 aromatic heterocycles. The van der Waals surface area contributed by atoms with Crippen LogP contribution in [0.4, 0.5) is 10.6 Å². The topological polar surface area (TPSA) is 157 Å². The molecule has 4 rings (SSSR count). The number of pyridine rings is 1. The lowest BCUT2D eigenvalue weighted by molar-refractivity contribution is 0.0925. The maximum absolute atomic E-state index is 13.1. The molecule has 0 atom stereocenters. The van der Waals surface area contributed by atoms with Crippen molar-refractivity contribution in [3.05, 3.63) is 36.3 Å². The first-order chi connectivity index (χ1) is 15.0. The van der Waals surface area contributed by atoms with Gasteiger partial charge >= 0.3 is 6.09 Å². The van der Waals surface area contributed by atoms with Gasteiger partial charge in [-0.2, -0.15) is 5.10 Å². The van der Waals surface area contributed by atoms with E-state index in [9.17, 15) is 9.59 Å². The molecule has 1 aliphatic carbocycles. The summed E-state index contributed by atoms with van der Waals surface area (Å²) < 4.78 is 6.78. The van der Waals surface area contributed by atoms with E-state index in [4.69, 9.17) is 15.6 Å². The number of rotatable bonds is 5. The standard InChI is InChI=1S/C20H23N7O4/c1-31-16-8-11(6-7-22-16)15-9-14(17-18(21)23-10-24-27(15)17)19(28)25-12-2-4-13(5-3-12)26-20(29)30/h6-10,12-13,26H,2-5H2,1H3,(H,25,28)(H,29,30)(H2,21,23,24). The van der Waals surface area contributed by atoms with Gasteiger partial charge in [0.15, 0.2) is 5.82 Å². The van der Waals surface area contributed by atoms with Crippen molar-refractivity contribution in [2.24, 2.45) is 0 Å². The highest BCUT2D eigenvalue weighted by Crippen LogP contribution is 2.29. The van der Waals surface area contributed by atoms with E-state index in [1.165, 1.54) is 13.4 Å². The highest BCUT2D eigenvalue weighted by Gasteiger charge is 2.26. The fourth-order valence-corrected chi connectivity index (χ4v) is 3.95. The van der Waals surface area contributed by atoms with Crippen molar-refractivity contribution in [1.82, 2.24) is 30.2 Å². The number of aromatic nitrogens is 4. The normalized spacial score (nSPS) is 18.5. The average molecular weight is 425 g/mol. The fourth-order valence-electron chi connectivity index (χ4n) is 3.95. The molecule has 0 spiro atoms. The molecule has 162 valence electrons. The van der Waals surface area contributed by atoms with Gasteiger partial charge in [0.1, 0.15) is 11.8 Å². The van der Waals surface area contributed by atoms with Crippen molar-refractivity contribution in [3.8, 4) is 17.1 Å². The van der Waals surface area contributed by atoms with Crippen molar-refractivity contribution < 1.29 is 19.4 Å². The van der Waals surface area contributed by atoms with Crippen molar-refractivity contribution >= 4 is 23.3 Å². The summed E-state index contributed by atoms with van der Waals surface area (Å²) in [7, 11) is 1.53. The van der Waals surface area contributed by atoms with Gasteiger partial charge in [0, 0.05) is 29.9 Å². The lowest BCUT2D eigenvalue weighted by Gasteiger charge is -2.28. The number of nitrogens with two attached hydrogens (primary N) is 1. The van der Waals surface area contributed by atoms with Crippen LogP contribution >= 0.6 is 0 Å². The minimum absolute atomic E-state index is 0.0513. The Bertz CT molecular complexity index is 1120. The Balaban J connectivity index is 1.60. The first-order valence-corrected chi connectivity index (χ1v) is 9.89. The van der Waals surface area contributed by atoms with Gasteiger partial charge in [-0.25, -0.2) is 19.3 Å². The largest absolute Gasteiger partial charge is 0.481 e. The molecule has 0 aromatic carbocycles. The Labute approximate surface area is 177 Å². The summed E-state index contributed by atoms with van der Waals surface area (Å²) in [5, 5.41) is 18.7. The van der Waals surface area contributed by atoms with Crippen molar-refractivity contribution in [3.63, 3.8) is 0 Å². The van der Waals surface area contributed by atoms with Crippen LogP contribution in [0.1, 0.15) is 36.0 Å². The number of carbonyl (C=O) groups is 2. The number of fused-ring (bicyclic) bond motifs is 1. The first kappa shape index (κ1) is 20.4. The molecule has 1 fully saturated rings. The van der Waals surface area contributed by atoms with Gasteiger partial charge in [0.2, 0.25) is 5.88 Å². The third kappa shape index (κ3) is 4.20. The SMILES string of the molecule is COc1cc(-c2cc(C(=O)NC3CCC(NC(=O)O)CC3)c3c(N)ncnn23)ccn1. The molecule has 0 aliphatic heterocycles. The molecule has 1 aliphatic rings. The summed E-state index contributed by atoms with van der Waals surface area (Å²) in [6, 6.07) is 5.13. The molecule has 5 N–H and O–H groups in total. The van der Waals surface area contributed by atoms with E-state index >= 15 is 0 Å². The van der Waals surface area contributed by atoms with Crippen LogP contribution in [0.25, 0.3) is 16.8 Å². The summed E-state index contributed by atoms with van der Waals surface area (Å²) in [6.07, 6.45) is 4.63. The molecular formula is C20H23N7O4. The maximum atomic E-state index is 13.1. The van der Waals surface area contributed by atoms with E-state index in [-0.39, 0.29) is 23.8 Å². The molecule has 2 amide bonds. The molecule has 11 nitrogen and oxygen atoms in total. The van der Waals surface area contributed by atoms with E-state index in [1.807, 2.05) is 0 Å². The van der Waals surface area contributed by atoms with E-state index in [0.29, 0.717) is 48.3 Å². The van der Waals surface area contributed by atoms with Crippen molar-refractivity contribution in [2.45, 2.75) is 37.8 Å². The third-order valence-electron chi connectivity index (χ3n) is 5.46. The lowest BCUT2D eigenvalue weighted by Crippen LogP contribution is -2.43. The molecule has 1 saturated carbocycles. The highest BCUT2D eigenvalue weighted by atomic mass is 16.5. The highest BCUT2D eigenvalue weighted by molar-refractivity contribution is 6.05. The Kier molecular flexibility index (Phi) is 5.56. The number of amides is 2. The van der Waals surface area contributed by atoms with E-state index < -0.39 is 6.09 Å². The fraction of sp³-hybridized carbons (Fsp3) is 0.350. The van der Waals surface area contributed by atoms with Crippen molar-refractivity contribution in [1.29, 1.82) is 0 Å². The summed E-state index contributed by atoms with van der Waals surface area (Å²) in [6.45, 7) is 0. The maximum Gasteiger partial charge on any atom is 0.404 e. The molecular weight excluding hydrogens is 402 g/mol. The molecule has 0 radical (unpaired) electrons. The second-order valence-corrected chi connectivity index (χ2v) is 7.41. The molecule has 0 unspecified atom stereocenters. The average Bonchev–Trinajstić information content (AvgIpc) is 3.16. The first-order valence-electron chi connectivity index (χ1n) is 9.89. The second-order valence-electron chi connectivity index (χ2n) is 7.41. The van der Waals surface area contributed by atoms with E-state index in [0.717, 1.165) is 5.56 Å². The van der Waals surface area contributed by atoms with Gasteiger partial charge in [-0.15, -0.1) is 0 Å². The lowest BCUT2D eigenvalue weighted by atomic mass is 9.91. The van der Waals surface area contributed by atoms with Crippen LogP contribution in [0.2, 0.25) is 0 Å². The van der Waals surface area contributed by atoms with Gasteiger partial charge in [0.05, 0.1) is 18.4 Å². The van der Waals surface area contributed by atoms with E-state index in [2.05, 4.69) is 25.7 Å². The predicted octanol–water partition coefficient (Wildman–Crippen LogP) is 1.69. The van der Waals surface area contributed by atoms with Gasteiger partial charge in [0.25, 0.3) is 5.91 Å². The molecule has 0 saturated heterocycles. The second kappa shape index (κ2) is 8.46. The summed E-state index contributed by atoms with van der Waals surface area (Å²) in [4.78, 5) is 32.1. The Hall–Kier alpha value is -3.89. The molecule has 31 heavy (non-hydrogen) atoms. The summed E-state index contributed by atoms with van der Waals surface area (Å²) in [5.41, 5.74) is 8.30. The number of hydrogen-bond donors (Lipinski definition) is 4. The number of nitrogen functional groups attached to an aromatic ring is 1. The zero-order valence-electron chi connectivity index (χ0n) is 16.9. The van der Waals surface area contributed by atoms with Gasteiger partial charge < -0.3 is 26.2 Å². The number of anilines is 1. The van der Waals surface area contributed by atoms with Gasteiger partial charge in [-0.1, -0.05) is 0 Å².